The quantitative estimate of drug-likeness (QED) is 0.811. The SMILES string of the molecule is COCCN1CCN([C@@H](C)c2nnc(-c3ccccc3)o2)C[C@@H]1C. The molecular weight excluding hydrogens is 304 g/mol. The second-order valence-corrected chi connectivity index (χ2v) is 6.36. The predicted octanol–water partition coefficient (Wildman–Crippen LogP) is 2.45. The number of nitrogens with zero attached hydrogens (tertiary/aromatic N) is 4. The van der Waals surface area contributed by atoms with Gasteiger partial charge in [-0.05, 0) is 26.0 Å². The Morgan fingerprint density at radius 1 is 1.25 bits per heavy atom. The molecule has 0 N–H and O–H groups in total. The van der Waals surface area contributed by atoms with Crippen molar-refractivity contribution in [2.75, 3.05) is 39.9 Å². The summed E-state index contributed by atoms with van der Waals surface area (Å²) < 4.78 is 11.1. The Bertz CT molecular complexity index is 631. The minimum Gasteiger partial charge on any atom is -0.419 e. The number of rotatable bonds is 6. The molecule has 24 heavy (non-hydrogen) atoms. The number of hydrogen-bond acceptors (Lipinski definition) is 6. The summed E-state index contributed by atoms with van der Waals surface area (Å²) in [7, 11) is 1.75. The molecule has 130 valence electrons. The summed E-state index contributed by atoms with van der Waals surface area (Å²) in [4.78, 5) is 4.88. The third kappa shape index (κ3) is 3.83. The Hall–Kier alpha value is -1.76. The minimum absolute atomic E-state index is 0.127. The summed E-state index contributed by atoms with van der Waals surface area (Å²) in [5.41, 5.74) is 0.959. The van der Waals surface area contributed by atoms with Gasteiger partial charge in [-0.1, -0.05) is 18.2 Å². The second-order valence-electron chi connectivity index (χ2n) is 6.36. The van der Waals surface area contributed by atoms with E-state index in [9.17, 15) is 0 Å². The first-order chi connectivity index (χ1) is 11.7. The molecule has 6 nitrogen and oxygen atoms in total. The molecule has 2 aromatic rings. The maximum Gasteiger partial charge on any atom is 0.247 e. The van der Waals surface area contributed by atoms with Crippen LogP contribution < -0.4 is 0 Å². The van der Waals surface area contributed by atoms with Gasteiger partial charge in [0.05, 0.1) is 12.6 Å². The topological polar surface area (TPSA) is 54.6 Å². The minimum atomic E-state index is 0.127. The molecule has 0 amide bonds. The zero-order valence-electron chi connectivity index (χ0n) is 14.7. The molecule has 0 bridgehead atoms. The summed E-state index contributed by atoms with van der Waals surface area (Å²) >= 11 is 0. The third-order valence-corrected chi connectivity index (χ3v) is 4.75. The molecule has 1 fully saturated rings. The fourth-order valence-electron chi connectivity index (χ4n) is 3.17. The van der Waals surface area contributed by atoms with Gasteiger partial charge in [-0.25, -0.2) is 0 Å². The van der Waals surface area contributed by atoms with Crippen LogP contribution in [0.2, 0.25) is 0 Å². The first-order valence-corrected chi connectivity index (χ1v) is 8.55. The zero-order valence-corrected chi connectivity index (χ0v) is 14.7. The van der Waals surface area contributed by atoms with E-state index in [1.807, 2.05) is 30.3 Å². The molecule has 0 radical (unpaired) electrons. The first kappa shape index (κ1) is 17.1. The van der Waals surface area contributed by atoms with Crippen molar-refractivity contribution in [1.29, 1.82) is 0 Å². The van der Waals surface area contributed by atoms with Crippen molar-refractivity contribution in [2.24, 2.45) is 0 Å². The standard InChI is InChI=1S/C18H26N4O2/c1-14-13-22(10-9-21(14)11-12-23-3)15(2)17-19-20-18(24-17)16-7-5-4-6-8-16/h4-8,14-15H,9-13H2,1-3H3/t14-,15-/m0/s1. The summed E-state index contributed by atoms with van der Waals surface area (Å²) in [5.74, 6) is 1.27. The maximum absolute atomic E-state index is 5.91. The molecule has 6 heteroatoms. The number of hydrogen-bond donors (Lipinski definition) is 0. The van der Waals surface area contributed by atoms with E-state index in [-0.39, 0.29) is 6.04 Å². The van der Waals surface area contributed by atoms with Crippen LogP contribution in [0, 0.1) is 0 Å². The summed E-state index contributed by atoms with van der Waals surface area (Å²) in [6.45, 7) is 9.20. The van der Waals surface area contributed by atoms with Gasteiger partial charge in [-0.2, -0.15) is 0 Å². The van der Waals surface area contributed by atoms with Gasteiger partial charge in [0.15, 0.2) is 0 Å². The van der Waals surface area contributed by atoms with Gasteiger partial charge in [0.25, 0.3) is 0 Å². The van der Waals surface area contributed by atoms with Crippen LogP contribution in [0.25, 0.3) is 11.5 Å². The van der Waals surface area contributed by atoms with E-state index in [1.165, 1.54) is 0 Å². The van der Waals surface area contributed by atoms with Crippen LogP contribution in [-0.4, -0.2) is 65.9 Å². The molecule has 1 saturated heterocycles. The Labute approximate surface area is 143 Å². The molecule has 0 spiro atoms. The summed E-state index contributed by atoms with van der Waals surface area (Å²) in [6.07, 6.45) is 0. The second kappa shape index (κ2) is 7.88. The smallest absolute Gasteiger partial charge is 0.247 e. The van der Waals surface area contributed by atoms with Crippen LogP contribution in [0.3, 0.4) is 0 Å². The molecule has 1 aromatic heterocycles. The molecule has 3 rings (SSSR count). The normalized spacial score (nSPS) is 21.0. The van der Waals surface area contributed by atoms with Crippen molar-refractivity contribution in [3.63, 3.8) is 0 Å². The lowest BCUT2D eigenvalue weighted by atomic mass is 10.1. The van der Waals surface area contributed by atoms with E-state index in [2.05, 4.69) is 33.8 Å². The predicted molar refractivity (Wildman–Crippen MR) is 92.6 cm³/mol. The highest BCUT2D eigenvalue weighted by Crippen LogP contribution is 2.25. The van der Waals surface area contributed by atoms with Gasteiger partial charge in [-0.15, -0.1) is 10.2 Å². The Kier molecular flexibility index (Phi) is 5.60. The lowest BCUT2D eigenvalue weighted by Crippen LogP contribution is -2.53. The van der Waals surface area contributed by atoms with E-state index < -0.39 is 0 Å². The highest BCUT2D eigenvalue weighted by Gasteiger charge is 2.29. The van der Waals surface area contributed by atoms with Gasteiger partial charge in [0.2, 0.25) is 11.8 Å². The molecule has 1 aliphatic rings. The molecule has 0 unspecified atom stereocenters. The zero-order chi connectivity index (χ0) is 16.9. The van der Waals surface area contributed by atoms with E-state index >= 15 is 0 Å². The van der Waals surface area contributed by atoms with Crippen molar-refractivity contribution >= 4 is 0 Å². The van der Waals surface area contributed by atoms with Crippen molar-refractivity contribution in [3.8, 4) is 11.5 Å². The fraction of sp³-hybridized carbons (Fsp3) is 0.556. The van der Waals surface area contributed by atoms with Crippen molar-refractivity contribution in [3.05, 3.63) is 36.2 Å². The van der Waals surface area contributed by atoms with Crippen molar-refractivity contribution < 1.29 is 9.15 Å². The molecule has 2 heterocycles. The Balaban J connectivity index is 1.63. The van der Waals surface area contributed by atoms with Gasteiger partial charge in [0.1, 0.15) is 0 Å². The van der Waals surface area contributed by atoms with E-state index in [1.54, 1.807) is 7.11 Å². The van der Waals surface area contributed by atoms with Crippen LogP contribution in [-0.2, 0) is 4.74 Å². The summed E-state index contributed by atoms with van der Waals surface area (Å²) in [5, 5.41) is 8.48. The van der Waals surface area contributed by atoms with Crippen LogP contribution in [0.5, 0.6) is 0 Å². The average Bonchev–Trinajstić information content (AvgIpc) is 3.11. The average molecular weight is 330 g/mol. The molecule has 1 aromatic carbocycles. The maximum atomic E-state index is 5.91. The molecular formula is C18H26N4O2. The number of piperazine rings is 1. The highest BCUT2D eigenvalue weighted by molar-refractivity contribution is 5.51. The van der Waals surface area contributed by atoms with E-state index in [4.69, 9.17) is 9.15 Å². The third-order valence-electron chi connectivity index (χ3n) is 4.75. The first-order valence-electron chi connectivity index (χ1n) is 8.55. The Morgan fingerprint density at radius 3 is 2.75 bits per heavy atom. The van der Waals surface area contributed by atoms with Gasteiger partial charge >= 0.3 is 0 Å². The van der Waals surface area contributed by atoms with Gasteiger partial charge < -0.3 is 9.15 Å². The highest BCUT2D eigenvalue weighted by atomic mass is 16.5. The summed E-state index contributed by atoms with van der Waals surface area (Å²) in [6, 6.07) is 10.5. The molecule has 0 saturated carbocycles. The number of benzene rings is 1. The number of ether oxygens (including phenoxy) is 1. The van der Waals surface area contributed by atoms with Crippen LogP contribution >= 0.6 is 0 Å². The lowest BCUT2D eigenvalue weighted by Gasteiger charge is -2.41. The van der Waals surface area contributed by atoms with Crippen LogP contribution in [0.15, 0.2) is 34.7 Å². The van der Waals surface area contributed by atoms with E-state index in [0.717, 1.165) is 38.3 Å². The van der Waals surface area contributed by atoms with Gasteiger partial charge in [-0.3, -0.25) is 9.80 Å². The fourth-order valence-corrected chi connectivity index (χ4v) is 3.17. The molecule has 0 aliphatic carbocycles. The van der Waals surface area contributed by atoms with E-state index in [0.29, 0.717) is 17.8 Å². The lowest BCUT2D eigenvalue weighted by molar-refractivity contribution is 0.0363. The van der Waals surface area contributed by atoms with Gasteiger partial charge in [0, 0.05) is 44.9 Å². The molecule has 1 aliphatic heterocycles. The van der Waals surface area contributed by atoms with Crippen molar-refractivity contribution in [1.82, 2.24) is 20.0 Å². The Morgan fingerprint density at radius 2 is 2.04 bits per heavy atom. The van der Waals surface area contributed by atoms with Crippen LogP contribution in [0.1, 0.15) is 25.8 Å². The monoisotopic (exact) mass is 330 g/mol. The van der Waals surface area contributed by atoms with Crippen LogP contribution in [0.4, 0.5) is 0 Å². The van der Waals surface area contributed by atoms with Crippen molar-refractivity contribution in [2.45, 2.75) is 25.9 Å². The number of aromatic nitrogens is 2. The number of methoxy groups -OCH3 is 1. The molecule has 2 atom stereocenters. The largest absolute Gasteiger partial charge is 0.419 e.